The van der Waals surface area contributed by atoms with E-state index in [4.69, 9.17) is 0 Å². The van der Waals surface area contributed by atoms with Crippen LogP contribution in [0, 0.1) is 5.82 Å². The third-order valence-electron chi connectivity index (χ3n) is 4.81. The van der Waals surface area contributed by atoms with Crippen molar-refractivity contribution in [1.29, 1.82) is 0 Å². The summed E-state index contributed by atoms with van der Waals surface area (Å²) in [4.78, 5) is 27.3. The van der Waals surface area contributed by atoms with Crippen molar-refractivity contribution in [2.45, 2.75) is 19.8 Å². The van der Waals surface area contributed by atoms with Gasteiger partial charge in [-0.25, -0.2) is 14.4 Å². The third kappa shape index (κ3) is 4.53. The first-order valence-electron chi connectivity index (χ1n) is 9.43. The van der Waals surface area contributed by atoms with Crippen LogP contribution in [0.25, 0.3) is 0 Å². The molecule has 1 amide bonds. The van der Waals surface area contributed by atoms with Gasteiger partial charge in [-0.1, -0.05) is 25.5 Å². The lowest BCUT2D eigenvalue weighted by Crippen LogP contribution is -2.49. The summed E-state index contributed by atoms with van der Waals surface area (Å²) in [7, 11) is 1.94. The Kier molecular flexibility index (Phi) is 6.21. The van der Waals surface area contributed by atoms with E-state index in [1.807, 2.05) is 22.9 Å². The van der Waals surface area contributed by atoms with Crippen molar-refractivity contribution >= 4 is 17.5 Å². The minimum absolute atomic E-state index is 0.101. The average molecular weight is 371 g/mol. The Morgan fingerprint density at radius 3 is 2.63 bits per heavy atom. The number of nitrogens with zero attached hydrogens (tertiary/aromatic N) is 5. The predicted octanol–water partition coefficient (Wildman–Crippen LogP) is 2.81. The van der Waals surface area contributed by atoms with Crippen LogP contribution < -0.4 is 9.80 Å². The van der Waals surface area contributed by atoms with Crippen molar-refractivity contribution in [2.24, 2.45) is 0 Å². The summed E-state index contributed by atoms with van der Waals surface area (Å²) in [6.07, 6.45) is 3.78. The number of hydrogen-bond acceptors (Lipinski definition) is 5. The second-order valence-electron chi connectivity index (χ2n) is 6.75. The van der Waals surface area contributed by atoms with E-state index in [9.17, 15) is 9.18 Å². The number of unbranched alkanes of at least 4 members (excludes halogenated alkanes) is 1. The van der Waals surface area contributed by atoms with Gasteiger partial charge in [0.25, 0.3) is 5.91 Å². The number of hydrogen-bond donors (Lipinski definition) is 0. The van der Waals surface area contributed by atoms with Crippen molar-refractivity contribution < 1.29 is 9.18 Å². The van der Waals surface area contributed by atoms with Crippen LogP contribution in [0.2, 0.25) is 0 Å². The zero-order chi connectivity index (χ0) is 19.2. The number of rotatable bonds is 6. The molecular formula is C20H26FN5O. The van der Waals surface area contributed by atoms with Gasteiger partial charge in [-0.05, 0) is 24.6 Å². The molecule has 1 fully saturated rings. The fraction of sp³-hybridized carbons (Fsp3) is 0.450. The van der Waals surface area contributed by atoms with E-state index in [-0.39, 0.29) is 11.7 Å². The smallest absolute Gasteiger partial charge is 0.272 e. The van der Waals surface area contributed by atoms with Gasteiger partial charge in [0.1, 0.15) is 11.5 Å². The van der Waals surface area contributed by atoms with Crippen LogP contribution >= 0.6 is 0 Å². The lowest BCUT2D eigenvalue weighted by Gasteiger charge is -2.36. The van der Waals surface area contributed by atoms with Gasteiger partial charge in [0.05, 0.1) is 5.69 Å². The zero-order valence-corrected chi connectivity index (χ0v) is 15.9. The Labute approximate surface area is 159 Å². The van der Waals surface area contributed by atoms with Crippen molar-refractivity contribution in [3.8, 4) is 0 Å². The van der Waals surface area contributed by atoms with Gasteiger partial charge in [-0.3, -0.25) is 4.79 Å². The van der Waals surface area contributed by atoms with Crippen LogP contribution in [0.3, 0.4) is 0 Å². The van der Waals surface area contributed by atoms with Gasteiger partial charge < -0.3 is 14.7 Å². The molecular weight excluding hydrogens is 345 g/mol. The van der Waals surface area contributed by atoms with E-state index in [0.29, 0.717) is 43.5 Å². The fourth-order valence-electron chi connectivity index (χ4n) is 3.17. The Hall–Kier alpha value is -2.70. The van der Waals surface area contributed by atoms with Crippen LogP contribution in [0.1, 0.15) is 30.3 Å². The molecule has 0 saturated carbocycles. The Morgan fingerprint density at radius 1 is 1.19 bits per heavy atom. The van der Waals surface area contributed by atoms with Crippen LogP contribution in [0.5, 0.6) is 0 Å². The Balaban J connectivity index is 1.63. The number of anilines is 2. The molecule has 0 aliphatic carbocycles. The first-order valence-corrected chi connectivity index (χ1v) is 9.43. The molecule has 6 nitrogen and oxygen atoms in total. The number of carbonyl (C=O) groups is 1. The first-order chi connectivity index (χ1) is 13.1. The summed E-state index contributed by atoms with van der Waals surface area (Å²) in [6.45, 7) is 5.27. The average Bonchev–Trinajstić information content (AvgIpc) is 2.72. The molecule has 0 radical (unpaired) electrons. The third-order valence-corrected chi connectivity index (χ3v) is 4.81. The largest absolute Gasteiger partial charge is 0.366 e. The summed E-state index contributed by atoms with van der Waals surface area (Å²) >= 11 is 0. The molecule has 2 aromatic rings. The van der Waals surface area contributed by atoms with E-state index >= 15 is 0 Å². The highest BCUT2D eigenvalue weighted by Crippen LogP contribution is 2.20. The number of carbonyl (C=O) groups excluding carboxylic acids is 1. The van der Waals surface area contributed by atoms with Crippen LogP contribution in [-0.4, -0.2) is 60.5 Å². The quantitative estimate of drug-likeness (QED) is 0.782. The molecule has 3 rings (SSSR count). The van der Waals surface area contributed by atoms with E-state index in [1.54, 1.807) is 29.3 Å². The minimum atomic E-state index is -0.229. The highest BCUT2D eigenvalue weighted by molar-refractivity contribution is 5.92. The number of amides is 1. The number of halogens is 1. The monoisotopic (exact) mass is 371 g/mol. The maximum Gasteiger partial charge on any atom is 0.272 e. The number of piperazine rings is 1. The Morgan fingerprint density at radius 2 is 1.93 bits per heavy atom. The van der Waals surface area contributed by atoms with Crippen LogP contribution in [-0.2, 0) is 0 Å². The van der Waals surface area contributed by atoms with E-state index in [1.165, 1.54) is 6.07 Å². The molecule has 0 N–H and O–H groups in total. The molecule has 1 aliphatic heterocycles. The minimum Gasteiger partial charge on any atom is -0.366 e. The van der Waals surface area contributed by atoms with Gasteiger partial charge in [0.2, 0.25) is 5.95 Å². The normalized spacial score (nSPS) is 14.3. The lowest BCUT2D eigenvalue weighted by molar-refractivity contribution is 0.0740. The second-order valence-corrected chi connectivity index (χ2v) is 6.75. The molecule has 0 atom stereocenters. The topological polar surface area (TPSA) is 52.6 Å². The molecule has 0 spiro atoms. The zero-order valence-electron chi connectivity index (χ0n) is 15.9. The van der Waals surface area contributed by atoms with E-state index in [0.717, 1.165) is 19.4 Å². The molecule has 7 heteroatoms. The molecule has 27 heavy (non-hydrogen) atoms. The van der Waals surface area contributed by atoms with Gasteiger partial charge in [0.15, 0.2) is 0 Å². The van der Waals surface area contributed by atoms with Gasteiger partial charge in [0, 0.05) is 46.0 Å². The molecule has 0 unspecified atom stereocenters. The standard InChI is InChI=1S/C20H26FN5O/c1-3-4-11-24(2)20-22-10-9-17(23-20)19(27)26-14-12-25(13-15-26)18-8-6-5-7-16(18)21/h5-10H,3-4,11-15H2,1-2H3. The molecule has 144 valence electrons. The maximum absolute atomic E-state index is 14.0. The van der Waals surface area contributed by atoms with Crippen molar-refractivity contribution in [3.63, 3.8) is 0 Å². The molecule has 1 saturated heterocycles. The molecule has 0 bridgehead atoms. The molecule has 1 aromatic heterocycles. The molecule has 1 aliphatic rings. The lowest BCUT2D eigenvalue weighted by atomic mass is 10.2. The van der Waals surface area contributed by atoms with Gasteiger partial charge in [-0.2, -0.15) is 0 Å². The summed E-state index contributed by atoms with van der Waals surface area (Å²) in [6, 6.07) is 8.40. The maximum atomic E-state index is 14.0. The van der Waals surface area contributed by atoms with Crippen molar-refractivity contribution in [1.82, 2.24) is 14.9 Å². The van der Waals surface area contributed by atoms with Gasteiger partial charge >= 0.3 is 0 Å². The SMILES string of the molecule is CCCCN(C)c1nccc(C(=O)N2CCN(c3ccccc3F)CC2)n1. The summed E-state index contributed by atoms with van der Waals surface area (Å²) in [5.74, 6) is 0.239. The van der Waals surface area contributed by atoms with E-state index < -0.39 is 0 Å². The fourth-order valence-corrected chi connectivity index (χ4v) is 3.17. The summed E-state index contributed by atoms with van der Waals surface area (Å²) in [5, 5.41) is 0. The number of aromatic nitrogens is 2. The van der Waals surface area contributed by atoms with E-state index in [2.05, 4.69) is 16.9 Å². The van der Waals surface area contributed by atoms with Crippen LogP contribution in [0.4, 0.5) is 16.0 Å². The summed E-state index contributed by atoms with van der Waals surface area (Å²) < 4.78 is 14.0. The highest BCUT2D eigenvalue weighted by Gasteiger charge is 2.24. The Bertz CT molecular complexity index is 776. The first kappa shape index (κ1) is 19.1. The van der Waals surface area contributed by atoms with Crippen LogP contribution in [0.15, 0.2) is 36.5 Å². The predicted molar refractivity (Wildman–Crippen MR) is 105 cm³/mol. The number of para-hydroxylation sites is 1. The second kappa shape index (κ2) is 8.79. The number of benzene rings is 1. The van der Waals surface area contributed by atoms with Gasteiger partial charge in [-0.15, -0.1) is 0 Å². The van der Waals surface area contributed by atoms with Crippen molar-refractivity contribution in [2.75, 3.05) is 49.6 Å². The molecule has 2 heterocycles. The molecule has 1 aromatic carbocycles. The summed E-state index contributed by atoms with van der Waals surface area (Å²) in [5.41, 5.74) is 0.995. The highest BCUT2D eigenvalue weighted by atomic mass is 19.1. The van der Waals surface area contributed by atoms with Crippen molar-refractivity contribution in [3.05, 3.63) is 48.0 Å².